The van der Waals surface area contributed by atoms with Gasteiger partial charge in [0.05, 0.1) is 5.83 Å². The molecule has 1 aromatic heterocycles. The van der Waals surface area contributed by atoms with E-state index >= 15 is 0 Å². The maximum atomic E-state index is 13.3. The van der Waals surface area contributed by atoms with E-state index in [1.54, 1.807) is 4.90 Å². The van der Waals surface area contributed by atoms with Crippen molar-refractivity contribution in [3.8, 4) is 0 Å². The molecule has 0 N–H and O–H groups in total. The monoisotopic (exact) mass is 499 g/mol. The van der Waals surface area contributed by atoms with Crippen LogP contribution >= 0.6 is 0 Å². The van der Waals surface area contributed by atoms with Gasteiger partial charge in [0.15, 0.2) is 5.82 Å². The van der Waals surface area contributed by atoms with Crippen molar-refractivity contribution in [1.29, 1.82) is 0 Å². The summed E-state index contributed by atoms with van der Waals surface area (Å²) in [5, 5.41) is 4.07. The van der Waals surface area contributed by atoms with E-state index in [0.717, 1.165) is 30.4 Å². The van der Waals surface area contributed by atoms with Gasteiger partial charge in [-0.05, 0) is 30.4 Å². The number of halogens is 1. The molecule has 1 aromatic carbocycles. The van der Waals surface area contributed by atoms with E-state index in [9.17, 15) is 9.18 Å². The van der Waals surface area contributed by atoms with Crippen molar-refractivity contribution in [2.75, 3.05) is 24.7 Å². The summed E-state index contributed by atoms with van der Waals surface area (Å²) in [4.78, 5) is 19.2. The number of carbonyl (C=O) groups excluding carboxylic acids is 1. The van der Waals surface area contributed by atoms with Gasteiger partial charge in [0, 0.05) is 55.5 Å². The third-order valence-corrected chi connectivity index (χ3v) is 6.03. The molecule has 1 aliphatic heterocycles. The molecule has 0 bridgehead atoms. The summed E-state index contributed by atoms with van der Waals surface area (Å²) in [6, 6.07) is 7.66. The Morgan fingerprint density at radius 3 is 2.53 bits per heavy atom. The molecule has 1 aliphatic rings. The van der Waals surface area contributed by atoms with Crippen LogP contribution in [0.4, 0.5) is 10.1 Å². The first kappa shape index (κ1) is 28.1. The smallest absolute Gasteiger partial charge is 0.407 e. The van der Waals surface area contributed by atoms with Crippen molar-refractivity contribution in [2.24, 2.45) is 5.41 Å². The number of hydrogen-bond donors (Lipinski definition) is 0. The van der Waals surface area contributed by atoms with E-state index in [-0.39, 0.29) is 29.6 Å². The lowest BCUT2D eigenvalue weighted by Crippen LogP contribution is -2.47. The van der Waals surface area contributed by atoms with Crippen LogP contribution in [0.5, 0.6) is 0 Å². The van der Waals surface area contributed by atoms with Gasteiger partial charge in [-0.25, -0.2) is 4.39 Å². The Kier molecular flexibility index (Phi) is 9.47. The maximum Gasteiger partial charge on any atom is 0.493 e. The number of benzene rings is 1. The molecule has 2 aromatic rings. The fourth-order valence-electron chi connectivity index (χ4n) is 3.88. The van der Waals surface area contributed by atoms with Crippen LogP contribution in [-0.2, 0) is 25.9 Å². The number of amides is 1. The molecular formula is C27H39BFN3O4. The Morgan fingerprint density at radius 1 is 1.17 bits per heavy atom. The second kappa shape index (κ2) is 12.1. The number of carbonyl (C=O) groups is 1. The summed E-state index contributed by atoms with van der Waals surface area (Å²) in [7, 11) is -0.465. The van der Waals surface area contributed by atoms with Gasteiger partial charge >= 0.3 is 7.12 Å². The highest BCUT2D eigenvalue weighted by Crippen LogP contribution is 2.23. The molecule has 1 amide bonds. The molecule has 0 unspecified atom stereocenters. The molecule has 2 heterocycles. The van der Waals surface area contributed by atoms with Crippen LogP contribution in [0, 0.1) is 5.41 Å². The lowest BCUT2D eigenvalue weighted by molar-refractivity contribution is -0.118. The van der Waals surface area contributed by atoms with E-state index in [1.165, 1.54) is 0 Å². The van der Waals surface area contributed by atoms with Crippen molar-refractivity contribution < 1.29 is 23.0 Å². The molecule has 1 saturated heterocycles. The SMILES string of the molecule is C=C(F)CCC(=O)N(CCCCCc1nc(C(C)(C)C)no1)c1cccc(B2OCC(C)(C)CO2)c1. The Bertz CT molecular complexity index is 1020. The number of hydrogen-bond acceptors (Lipinski definition) is 6. The summed E-state index contributed by atoms with van der Waals surface area (Å²) < 4.78 is 30.5. The summed E-state index contributed by atoms with van der Waals surface area (Å²) >= 11 is 0. The van der Waals surface area contributed by atoms with Crippen LogP contribution < -0.4 is 10.4 Å². The van der Waals surface area contributed by atoms with Crippen molar-refractivity contribution >= 4 is 24.2 Å². The van der Waals surface area contributed by atoms with Crippen LogP contribution in [0.3, 0.4) is 0 Å². The average molecular weight is 499 g/mol. The second-order valence-electron chi connectivity index (χ2n) is 11.3. The van der Waals surface area contributed by atoms with Crippen molar-refractivity contribution in [3.05, 3.63) is 48.4 Å². The zero-order valence-corrected chi connectivity index (χ0v) is 22.3. The molecule has 0 radical (unpaired) electrons. The fraction of sp³-hybridized carbons (Fsp3) is 0.593. The van der Waals surface area contributed by atoms with Gasteiger partial charge in [-0.15, -0.1) is 0 Å². The Hall–Kier alpha value is -2.52. The molecule has 0 spiro atoms. The van der Waals surface area contributed by atoms with Crippen LogP contribution in [0.2, 0.25) is 0 Å². The number of anilines is 1. The Balaban J connectivity index is 1.61. The summed E-state index contributed by atoms with van der Waals surface area (Å²) in [6.07, 6.45) is 3.33. The summed E-state index contributed by atoms with van der Waals surface area (Å²) in [5.74, 6) is 0.720. The van der Waals surface area contributed by atoms with Gasteiger partial charge in [0.2, 0.25) is 11.8 Å². The van der Waals surface area contributed by atoms with E-state index in [2.05, 4.69) is 30.6 Å². The third-order valence-electron chi connectivity index (χ3n) is 6.03. The highest BCUT2D eigenvalue weighted by atomic mass is 19.1. The molecule has 9 heteroatoms. The van der Waals surface area contributed by atoms with E-state index < -0.39 is 12.9 Å². The number of unbranched alkanes of at least 4 members (excludes halogenated alkanes) is 2. The van der Waals surface area contributed by atoms with Crippen LogP contribution in [-0.4, -0.2) is 42.9 Å². The zero-order valence-electron chi connectivity index (χ0n) is 22.3. The molecule has 0 saturated carbocycles. The maximum absolute atomic E-state index is 13.3. The lowest BCUT2D eigenvalue weighted by Gasteiger charge is -2.33. The van der Waals surface area contributed by atoms with Gasteiger partial charge in [-0.1, -0.05) is 64.9 Å². The molecule has 3 rings (SSSR count). The molecule has 7 nitrogen and oxygen atoms in total. The van der Waals surface area contributed by atoms with Gasteiger partial charge in [0.25, 0.3) is 0 Å². The normalized spacial score (nSPS) is 15.7. The van der Waals surface area contributed by atoms with Crippen molar-refractivity contribution in [2.45, 2.75) is 78.6 Å². The topological polar surface area (TPSA) is 77.7 Å². The minimum absolute atomic E-state index is 0.0201. The minimum Gasteiger partial charge on any atom is -0.407 e. The summed E-state index contributed by atoms with van der Waals surface area (Å²) in [5.41, 5.74) is 1.44. The predicted molar refractivity (Wildman–Crippen MR) is 140 cm³/mol. The first-order valence-electron chi connectivity index (χ1n) is 12.7. The highest BCUT2D eigenvalue weighted by Gasteiger charge is 2.33. The number of nitrogens with zero attached hydrogens (tertiary/aromatic N) is 3. The molecule has 0 atom stereocenters. The summed E-state index contributed by atoms with van der Waals surface area (Å²) in [6.45, 7) is 15.4. The Labute approximate surface area is 214 Å². The number of allylic oxidation sites excluding steroid dienone is 1. The minimum atomic E-state index is -0.488. The second-order valence-corrected chi connectivity index (χ2v) is 11.3. The molecule has 36 heavy (non-hydrogen) atoms. The Morgan fingerprint density at radius 2 is 1.89 bits per heavy atom. The van der Waals surface area contributed by atoms with Crippen LogP contribution in [0.25, 0.3) is 0 Å². The highest BCUT2D eigenvalue weighted by molar-refractivity contribution is 6.61. The van der Waals surface area contributed by atoms with Crippen molar-refractivity contribution in [1.82, 2.24) is 10.1 Å². The van der Waals surface area contributed by atoms with Gasteiger partial charge < -0.3 is 18.7 Å². The first-order valence-corrected chi connectivity index (χ1v) is 12.7. The molecular weight excluding hydrogens is 460 g/mol. The number of aryl methyl sites for hydroxylation is 1. The number of aromatic nitrogens is 2. The standard InChI is InChI=1S/C27H39BFN3O4/c1-20(29)14-15-24(33)32(16-9-7-8-13-23-30-25(31-36-23)26(2,3)4)22-12-10-11-21(17-22)28-34-18-27(5,6)19-35-28/h10-12,17H,1,7-9,13-16,18-19H2,2-6H3. The van der Waals surface area contributed by atoms with Crippen molar-refractivity contribution in [3.63, 3.8) is 0 Å². The molecule has 0 aliphatic carbocycles. The van der Waals surface area contributed by atoms with E-state index in [1.807, 2.05) is 45.0 Å². The van der Waals surface area contributed by atoms with Crippen LogP contribution in [0.15, 0.2) is 41.2 Å². The quantitative estimate of drug-likeness (QED) is 0.315. The third kappa shape index (κ3) is 8.27. The number of rotatable bonds is 11. The van der Waals surface area contributed by atoms with E-state index in [4.69, 9.17) is 13.8 Å². The average Bonchev–Trinajstić information content (AvgIpc) is 3.29. The molecule has 196 valence electrons. The van der Waals surface area contributed by atoms with Crippen LogP contribution in [0.1, 0.15) is 78.4 Å². The molecule has 1 fully saturated rings. The largest absolute Gasteiger partial charge is 0.493 e. The fourth-order valence-corrected chi connectivity index (χ4v) is 3.88. The van der Waals surface area contributed by atoms with Gasteiger partial charge in [-0.2, -0.15) is 4.98 Å². The lowest BCUT2D eigenvalue weighted by atomic mass is 9.75. The van der Waals surface area contributed by atoms with Gasteiger partial charge in [-0.3, -0.25) is 4.79 Å². The zero-order chi connectivity index (χ0) is 26.3. The van der Waals surface area contributed by atoms with Gasteiger partial charge in [0.1, 0.15) is 0 Å². The first-order chi connectivity index (χ1) is 16.9. The van der Waals surface area contributed by atoms with E-state index in [0.29, 0.717) is 37.9 Å². The predicted octanol–water partition coefficient (Wildman–Crippen LogP) is 5.14.